The molecule has 4 nitrogen and oxygen atoms in total. The SMILES string of the molecule is c1cnc2ccc(-n3ccnc3NC3CCCC3)cc2c1. The van der Waals surface area contributed by atoms with Gasteiger partial charge in [-0.1, -0.05) is 18.9 Å². The van der Waals surface area contributed by atoms with Gasteiger partial charge >= 0.3 is 0 Å². The zero-order chi connectivity index (χ0) is 14.1. The number of aromatic nitrogens is 3. The summed E-state index contributed by atoms with van der Waals surface area (Å²) in [6.07, 6.45) is 10.8. The standard InChI is InChI=1S/C17H18N4/c1-2-6-14(5-1)20-17-19-10-11-21(17)15-7-8-16-13(12-15)4-3-9-18-16/h3-4,7-12,14H,1-2,5-6H2,(H,19,20). The molecule has 2 aromatic heterocycles. The maximum absolute atomic E-state index is 4.47. The van der Waals surface area contributed by atoms with Crippen molar-refractivity contribution in [3.8, 4) is 5.69 Å². The topological polar surface area (TPSA) is 42.7 Å². The highest BCUT2D eigenvalue weighted by atomic mass is 15.2. The van der Waals surface area contributed by atoms with Crippen LogP contribution in [0.25, 0.3) is 16.6 Å². The highest BCUT2D eigenvalue weighted by Crippen LogP contribution is 2.24. The fraction of sp³-hybridized carbons (Fsp3) is 0.294. The molecule has 0 amide bonds. The molecule has 0 unspecified atom stereocenters. The molecule has 1 aromatic carbocycles. The Bertz CT molecular complexity index is 756. The molecule has 0 atom stereocenters. The molecule has 1 aliphatic carbocycles. The first-order valence-electron chi connectivity index (χ1n) is 7.55. The van der Waals surface area contributed by atoms with Crippen molar-refractivity contribution in [2.24, 2.45) is 0 Å². The fourth-order valence-electron chi connectivity index (χ4n) is 3.08. The first-order valence-corrected chi connectivity index (χ1v) is 7.55. The van der Waals surface area contributed by atoms with Gasteiger partial charge in [-0.15, -0.1) is 0 Å². The molecule has 0 spiro atoms. The summed E-state index contributed by atoms with van der Waals surface area (Å²) in [5.74, 6) is 0.935. The smallest absolute Gasteiger partial charge is 0.207 e. The molecule has 0 radical (unpaired) electrons. The monoisotopic (exact) mass is 278 g/mol. The molecule has 1 N–H and O–H groups in total. The normalized spacial score (nSPS) is 15.6. The first-order chi connectivity index (χ1) is 10.4. The van der Waals surface area contributed by atoms with Crippen molar-refractivity contribution in [2.45, 2.75) is 31.7 Å². The minimum absolute atomic E-state index is 0.563. The number of anilines is 1. The van der Waals surface area contributed by atoms with Gasteiger partial charge in [-0.3, -0.25) is 9.55 Å². The fourth-order valence-corrected chi connectivity index (χ4v) is 3.08. The van der Waals surface area contributed by atoms with Crippen LogP contribution in [0.2, 0.25) is 0 Å². The summed E-state index contributed by atoms with van der Waals surface area (Å²) in [6, 6.07) is 10.9. The first kappa shape index (κ1) is 12.4. The maximum Gasteiger partial charge on any atom is 0.207 e. The van der Waals surface area contributed by atoms with E-state index in [2.05, 4.69) is 44.1 Å². The van der Waals surface area contributed by atoms with Gasteiger partial charge in [0.05, 0.1) is 5.52 Å². The minimum Gasteiger partial charge on any atom is -0.353 e. The van der Waals surface area contributed by atoms with Gasteiger partial charge in [-0.05, 0) is 37.1 Å². The third-order valence-corrected chi connectivity index (χ3v) is 4.19. The van der Waals surface area contributed by atoms with E-state index in [0.29, 0.717) is 6.04 Å². The van der Waals surface area contributed by atoms with E-state index in [-0.39, 0.29) is 0 Å². The summed E-state index contributed by atoms with van der Waals surface area (Å²) in [5, 5.41) is 4.72. The maximum atomic E-state index is 4.47. The second-order valence-electron chi connectivity index (χ2n) is 5.63. The molecule has 0 bridgehead atoms. The highest BCUT2D eigenvalue weighted by Gasteiger charge is 2.17. The Kier molecular flexibility index (Phi) is 3.07. The molecule has 1 aliphatic rings. The van der Waals surface area contributed by atoms with Crippen LogP contribution in [0.5, 0.6) is 0 Å². The van der Waals surface area contributed by atoms with Gasteiger partial charge in [0.1, 0.15) is 0 Å². The van der Waals surface area contributed by atoms with Crippen LogP contribution in [-0.4, -0.2) is 20.6 Å². The summed E-state index contributed by atoms with van der Waals surface area (Å²) in [4.78, 5) is 8.84. The van der Waals surface area contributed by atoms with Gasteiger partial charge in [0, 0.05) is 35.7 Å². The molecule has 0 aliphatic heterocycles. The van der Waals surface area contributed by atoms with Crippen molar-refractivity contribution in [3.05, 3.63) is 48.9 Å². The van der Waals surface area contributed by atoms with Crippen molar-refractivity contribution in [1.82, 2.24) is 14.5 Å². The van der Waals surface area contributed by atoms with Crippen molar-refractivity contribution >= 4 is 16.9 Å². The zero-order valence-electron chi connectivity index (χ0n) is 11.9. The van der Waals surface area contributed by atoms with Crippen LogP contribution < -0.4 is 5.32 Å². The second kappa shape index (κ2) is 5.20. The van der Waals surface area contributed by atoms with Crippen molar-refractivity contribution in [1.29, 1.82) is 0 Å². The van der Waals surface area contributed by atoms with Crippen molar-refractivity contribution < 1.29 is 0 Å². The number of rotatable bonds is 3. The minimum atomic E-state index is 0.563. The Morgan fingerprint density at radius 2 is 1.95 bits per heavy atom. The lowest BCUT2D eigenvalue weighted by Gasteiger charge is -2.15. The van der Waals surface area contributed by atoms with E-state index in [0.717, 1.165) is 22.5 Å². The third kappa shape index (κ3) is 2.37. The Labute approximate surface area is 123 Å². The Hall–Kier alpha value is -2.36. The van der Waals surface area contributed by atoms with Gasteiger partial charge in [-0.2, -0.15) is 0 Å². The highest BCUT2D eigenvalue weighted by molar-refractivity contribution is 5.80. The number of pyridine rings is 1. The van der Waals surface area contributed by atoms with Gasteiger partial charge in [0.15, 0.2) is 0 Å². The molecule has 1 fully saturated rings. The molecule has 0 saturated heterocycles. The van der Waals surface area contributed by atoms with E-state index in [1.165, 1.54) is 25.7 Å². The Balaban J connectivity index is 1.69. The molecule has 2 heterocycles. The number of imidazole rings is 1. The molecular weight excluding hydrogens is 260 g/mol. The molecule has 1 saturated carbocycles. The summed E-state index contributed by atoms with van der Waals surface area (Å²) in [7, 11) is 0. The average Bonchev–Trinajstić information content (AvgIpc) is 3.19. The summed E-state index contributed by atoms with van der Waals surface area (Å²) in [6.45, 7) is 0. The van der Waals surface area contributed by atoms with Gasteiger partial charge in [0.25, 0.3) is 0 Å². The van der Waals surface area contributed by atoms with Crippen LogP contribution in [0.3, 0.4) is 0 Å². The van der Waals surface area contributed by atoms with E-state index < -0.39 is 0 Å². The van der Waals surface area contributed by atoms with E-state index in [1.807, 2.05) is 24.7 Å². The predicted molar refractivity (Wildman–Crippen MR) is 84.7 cm³/mol. The quantitative estimate of drug-likeness (QED) is 0.793. The molecule has 4 heteroatoms. The van der Waals surface area contributed by atoms with Crippen LogP contribution in [0, 0.1) is 0 Å². The third-order valence-electron chi connectivity index (χ3n) is 4.19. The van der Waals surface area contributed by atoms with Crippen LogP contribution in [0.15, 0.2) is 48.9 Å². The molecule has 4 rings (SSSR count). The number of nitrogens with one attached hydrogen (secondary N) is 1. The zero-order valence-corrected chi connectivity index (χ0v) is 11.9. The Morgan fingerprint density at radius 1 is 1.05 bits per heavy atom. The predicted octanol–water partition coefficient (Wildman–Crippen LogP) is 3.78. The van der Waals surface area contributed by atoms with Gasteiger partial charge in [-0.25, -0.2) is 4.98 Å². The lowest BCUT2D eigenvalue weighted by atomic mass is 10.2. The van der Waals surface area contributed by atoms with Crippen LogP contribution >= 0.6 is 0 Å². The van der Waals surface area contributed by atoms with Gasteiger partial charge in [0.2, 0.25) is 5.95 Å². The van der Waals surface area contributed by atoms with Crippen LogP contribution in [0.4, 0.5) is 5.95 Å². The Morgan fingerprint density at radius 3 is 2.86 bits per heavy atom. The van der Waals surface area contributed by atoms with E-state index in [1.54, 1.807) is 0 Å². The number of fused-ring (bicyclic) bond motifs is 1. The molecular formula is C17H18N4. The number of nitrogens with zero attached hydrogens (tertiary/aromatic N) is 3. The summed E-state index contributed by atoms with van der Waals surface area (Å²) < 4.78 is 2.12. The molecule has 21 heavy (non-hydrogen) atoms. The lowest BCUT2D eigenvalue weighted by molar-refractivity contribution is 0.740. The summed E-state index contributed by atoms with van der Waals surface area (Å²) >= 11 is 0. The van der Waals surface area contributed by atoms with E-state index >= 15 is 0 Å². The number of hydrogen-bond acceptors (Lipinski definition) is 3. The number of hydrogen-bond donors (Lipinski definition) is 1. The molecule has 3 aromatic rings. The van der Waals surface area contributed by atoms with E-state index in [4.69, 9.17) is 0 Å². The van der Waals surface area contributed by atoms with Crippen molar-refractivity contribution in [2.75, 3.05) is 5.32 Å². The summed E-state index contributed by atoms with van der Waals surface area (Å²) in [5.41, 5.74) is 2.14. The van der Waals surface area contributed by atoms with Crippen molar-refractivity contribution in [3.63, 3.8) is 0 Å². The number of benzene rings is 1. The lowest BCUT2D eigenvalue weighted by Crippen LogP contribution is -2.17. The van der Waals surface area contributed by atoms with E-state index in [9.17, 15) is 0 Å². The second-order valence-corrected chi connectivity index (χ2v) is 5.63. The van der Waals surface area contributed by atoms with Crippen LogP contribution in [0.1, 0.15) is 25.7 Å². The van der Waals surface area contributed by atoms with Gasteiger partial charge < -0.3 is 5.32 Å². The average molecular weight is 278 g/mol. The van der Waals surface area contributed by atoms with Crippen LogP contribution in [-0.2, 0) is 0 Å². The largest absolute Gasteiger partial charge is 0.353 e. The molecule has 106 valence electrons.